The summed E-state index contributed by atoms with van der Waals surface area (Å²) in [6.07, 6.45) is -0.726. The molecule has 1 aromatic rings. The molecule has 0 amide bonds. The summed E-state index contributed by atoms with van der Waals surface area (Å²) in [5.41, 5.74) is 5.60. The molecule has 0 aliphatic heterocycles. The number of hydrogen-bond donors (Lipinski definition) is 1. The predicted octanol–water partition coefficient (Wildman–Crippen LogP) is 5.36. The Morgan fingerprint density at radius 1 is 1.21 bits per heavy atom. The van der Waals surface area contributed by atoms with Gasteiger partial charge in [-0.2, -0.15) is 13.2 Å². The first-order valence-electron chi connectivity index (χ1n) is 5.98. The average Bonchev–Trinajstić information content (AvgIpc) is 2.27. The molecule has 0 aromatic heterocycles. The molecule has 0 fully saturated rings. The first kappa shape index (κ1) is 18.6. The van der Waals surface area contributed by atoms with Crippen molar-refractivity contribution in [3.8, 4) is 0 Å². The van der Waals surface area contributed by atoms with Crippen LogP contribution in [0.15, 0.2) is 18.2 Å². The van der Waals surface area contributed by atoms with Crippen LogP contribution in [-0.4, -0.2) is 0 Å². The van der Waals surface area contributed by atoms with E-state index in [2.05, 4.69) is 6.92 Å². The standard InChI is InChI=1S/C13H17ClF3N.ClH/c1-2-3-4-5-12(18)9-6-10(13(15,16)17)8-11(14)7-9;/h6-8,12H,2-5,18H2,1H3;1H/t12-;/m0./s1. The number of nitrogens with two attached hydrogens (primary N) is 1. The topological polar surface area (TPSA) is 26.0 Å². The number of alkyl halides is 3. The molecule has 6 heteroatoms. The van der Waals surface area contributed by atoms with Crippen LogP contribution in [0, 0.1) is 0 Å². The Morgan fingerprint density at radius 3 is 2.37 bits per heavy atom. The number of rotatable bonds is 5. The number of unbranched alkanes of at least 4 members (excludes halogenated alkanes) is 2. The summed E-state index contributed by atoms with van der Waals surface area (Å²) >= 11 is 5.71. The Labute approximate surface area is 122 Å². The molecule has 0 unspecified atom stereocenters. The van der Waals surface area contributed by atoms with Crippen LogP contribution >= 0.6 is 24.0 Å². The number of halogens is 5. The maximum Gasteiger partial charge on any atom is 0.416 e. The van der Waals surface area contributed by atoms with Crippen LogP contribution in [-0.2, 0) is 6.18 Å². The second kappa shape index (κ2) is 7.98. The van der Waals surface area contributed by atoms with Gasteiger partial charge in [0.2, 0.25) is 0 Å². The van der Waals surface area contributed by atoms with Gasteiger partial charge in [-0.25, -0.2) is 0 Å². The Hall–Kier alpha value is -0.450. The Bertz CT molecular complexity index is 394. The third-order valence-corrected chi connectivity index (χ3v) is 3.01. The second-order valence-electron chi connectivity index (χ2n) is 4.37. The molecule has 0 radical (unpaired) electrons. The third-order valence-electron chi connectivity index (χ3n) is 2.79. The molecule has 0 aliphatic rings. The van der Waals surface area contributed by atoms with E-state index in [1.54, 1.807) is 0 Å². The lowest BCUT2D eigenvalue weighted by Crippen LogP contribution is -2.12. The minimum Gasteiger partial charge on any atom is -0.324 e. The molecular formula is C13H18Cl2F3N. The highest BCUT2D eigenvalue weighted by molar-refractivity contribution is 6.30. The van der Waals surface area contributed by atoms with E-state index < -0.39 is 17.8 Å². The zero-order valence-electron chi connectivity index (χ0n) is 10.6. The molecule has 19 heavy (non-hydrogen) atoms. The molecule has 0 saturated heterocycles. The zero-order chi connectivity index (χ0) is 13.8. The highest BCUT2D eigenvalue weighted by atomic mass is 35.5. The lowest BCUT2D eigenvalue weighted by molar-refractivity contribution is -0.137. The van der Waals surface area contributed by atoms with Crippen molar-refractivity contribution in [2.45, 2.75) is 44.8 Å². The van der Waals surface area contributed by atoms with Crippen molar-refractivity contribution in [1.82, 2.24) is 0 Å². The number of hydrogen-bond acceptors (Lipinski definition) is 1. The van der Waals surface area contributed by atoms with E-state index in [1.165, 1.54) is 6.07 Å². The van der Waals surface area contributed by atoms with Crippen LogP contribution < -0.4 is 5.73 Å². The SMILES string of the molecule is CCCCC[C@H](N)c1cc(Cl)cc(C(F)(F)F)c1.Cl. The fraction of sp³-hybridized carbons (Fsp3) is 0.538. The molecule has 1 aromatic carbocycles. The molecule has 0 saturated carbocycles. The van der Waals surface area contributed by atoms with Crippen LogP contribution in [0.4, 0.5) is 13.2 Å². The van der Waals surface area contributed by atoms with E-state index in [0.29, 0.717) is 12.0 Å². The van der Waals surface area contributed by atoms with Gasteiger partial charge in [-0.15, -0.1) is 12.4 Å². The minimum absolute atomic E-state index is 0. The van der Waals surface area contributed by atoms with Gasteiger partial charge in [0.05, 0.1) is 5.56 Å². The van der Waals surface area contributed by atoms with Crippen molar-refractivity contribution in [1.29, 1.82) is 0 Å². The smallest absolute Gasteiger partial charge is 0.324 e. The van der Waals surface area contributed by atoms with Gasteiger partial charge >= 0.3 is 6.18 Å². The largest absolute Gasteiger partial charge is 0.416 e. The summed E-state index contributed by atoms with van der Waals surface area (Å²) in [4.78, 5) is 0. The third kappa shape index (κ3) is 6.02. The molecule has 110 valence electrons. The molecule has 0 aliphatic carbocycles. The maximum atomic E-state index is 12.6. The Morgan fingerprint density at radius 2 is 1.84 bits per heavy atom. The fourth-order valence-corrected chi connectivity index (χ4v) is 2.01. The molecular weight excluding hydrogens is 298 g/mol. The molecule has 1 atom stereocenters. The van der Waals surface area contributed by atoms with Gasteiger partial charge in [0.25, 0.3) is 0 Å². The summed E-state index contributed by atoms with van der Waals surface area (Å²) < 4.78 is 37.9. The van der Waals surface area contributed by atoms with Crippen LogP contribution in [0.5, 0.6) is 0 Å². The van der Waals surface area contributed by atoms with E-state index in [0.717, 1.165) is 31.4 Å². The van der Waals surface area contributed by atoms with Crippen LogP contribution in [0.25, 0.3) is 0 Å². The summed E-state index contributed by atoms with van der Waals surface area (Å²) in [6, 6.07) is 3.12. The van der Waals surface area contributed by atoms with E-state index in [4.69, 9.17) is 17.3 Å². The van der Waals surface area contributed by atoms with Gasteiger partial charge in [-0.05, 0) is 30.2 Å². The molecule has 2 N–H and O–H groups in total. The predicted molar refractivity (Wildman–Crippen MR) is 74.8 cm³/mol. The van der Waals surface area contributed by atoms with Gasteiger partial charge < -0.3 is 5.73 Å². The first-order chi connectivity index (χ1) is 8.34. The monoisotopic (exact) mass is 315 g/mol. The summed E-state index contributed by atoms with van der Waals surface area (Å²) in [6.45, 7) is 2.06. The van der Waals surface area contributed by atoms with Crippen LogP contribution in [0.3, 0.4) is 0 Å². The molecule has 0 spiro atoms. The van der Waals surface area contributed by atoms with Crippen molar-refractivity contribution >= 4 is 24.0 Å². The van der Waals surface area contributed by atoms with Crippen LogP contribution in [0.1, 0.15) is 49.8 Å². The quantitative estimate of drug-likeness (QED) is 0.727. The van der Waals surface area contributed by atoms with E-state index in [9.17, 15) is 13.2 Å². The van der Waals surface area contributed by atoms with Gasteiger partial charge in [-0.3, -0.25) is 0 Å². The zero-order valence-corrected chi connectivity index (χ0v) is 12.2. The van der Waals surface area contributed by atoms with E-state index >= 15 is 0 Å². The summed E-state index contributed by atoms with van der Waals surface area (Å²) in [5, 5.41) is 0.0748. The van der Waals surface area contributed by atoms with Gasteiger partial charge in [0, 0.05) is 11.1 Å². The number of benzene rings is 1. The van der Waals surface area contributed by atoms with Crippen molar-refractivity contribution < 1.29 is 13.2 Å². The normalized spacial score (nSPS) is 12.9. The lowest BCUT2D eigenvalue weighted by atomic mass is 9.99. The molecule has 1 nitrogen and oxygen atoms in total. The van der Waals surface area contributed by atoms with Crippen molar-refractivity contribution in [2.75, 3.05) is 0 Å². The molecule has 0 bridgehead atoms. The van der Waals surface area contributed by atoms with Crippen molar-refractivity contribution in [3.05, 3.63) is 34.3 Å². The fourth-order valence-electron chi connectivity index (χ4n) is 1.77. The van der Waals surface area contributed by atoms with Crippen molar-refractivity contribution in [3.63, 3.8) is 0 Å². The summed E-state index contributed by atoms with van der Waals surface area (Å²) in [7, 11) is 0. The highest BCUT2D eigenvalue weighted by Crippen LogP contribution is 2.33. The summed E-state index contributed by atoms with van der Waals surface area (Å²) in [5.74, 6) is 0. The van der Waals surface area contributed by atoms with E-state index in [-0.39, 0.29) is 17.4 Å². The maximum absolute atomic E-state index is 12.6. The van der Waals surface area contributed by atoms with Gasteiger partial charge in [-0.1, -0.05) is 37.8 Å². The lowest BCUT2D eigenvalue weighted by Gasteiger charge is -2.15. The van der Waals surface area contributed by atoms with Gasteiger partial charge in [0.1, 0.15) is 0 Å². The second-order valence-corrected chi connectivity index (χ2v) is 4.81. The highest BCUT2D eigenvalue weighted by Gasteiger charge is 2.31. The molecule has 1 rings (SSSR count). The Balaban J connectivity index is 0.00000324. The van der Waals surface area contributed by atoms with Crippen LogP contribution in [0.2, 0.25) is 5.02 Å². The van der Waals surface area contributed by atoms with Gasteiger partial charge in [0.15, 0.2) is 0 Å². The Kier molecular flexibility index (Phi) is 7.79. The molecule has 0 heterocycles. The van der Waals surface area contributed by atoms with E-state index in [1.807, 2.05) is 0 Å². The first-order valence-corrected chi connectivity index (χ1v) is 6.35. The average molecular weight is 316 g/mol. The minimum atomic E-state index is -4.39. The van der Waals surface area contributed by atoms with Crippen molar-refractivity contribution in [2.24, 2.45) is 5.73 Å².